The molecule has 0 saturated carbocycles. The lowest BCUT2D eigenvalue weighted by atomic mass is 10.0. The van der Waals surface area contributed by atoms with E-state index in [4.69, 9.17) is 14.5 Å². The normalized spacial score (nSPS) is 20.5. The summed E-state index contributed by atoms with van der Waals surface area (Å²) < 4.78 is 10.8. The fourth-order valence-corrected chi connectivity index (χ4v) is 4.16. The van der Waals surface area contributed by atoms with E-state index in [1.807, 2.05) is 18.3 Å². The van der Waals surface area contributed by atoms with Crippen LogP contribution in [0.15, 0.2) is 36.5 Å². The van der Waals surface area contributed by atoms with Crippen molar-refractivity contribution in [2.24, 2.45) is 0 Å². The van der Waals surface area contributed by atoms with Gasteiger partial charge in [-0.2, -0.15) is 4.98 Å². The Morgan fingerprint density at radius 3 is 2.90 bits per heavy atom. The predicted octanol–water partition coefficient (Wildman–Crippen LogP) is 2.42. The minimum Gasteiger partial charge on any atom is -0.497 e. The number of likely N-dealkylation sites (tertiary alicyclic amines) is 1. The lowest BCUT2D eigenvalue weighted by molar-refractivity contribution is 0.122. The molecule has 1 aromatic heterocycles. The van der Waals surface area contributed by atoms with E-state index in [9.17, 15) is 0 Å². The zero-order valence-corrected chi connectivity index (χ0v) is 17.5. The topological polar surface area (TPSA) is 54.0 Å². The first-order valence-electron chi connectivity index (χ1n) is 10.5. The first-order valence-corrected chi connectivity index (χ1v) is 10.5. The summed E-state index contributed by atoms with van der Waals surface area (Å²) in [6.07, 6.45) is 4.22. The van der Waals surface area contributed by atoms with Crippen molar-refractivity contribution in [3.8, 4) is 5.75 Å². The lowest BCUT2D eigenvalue weighted by Gasteiger charge is -2.38. The SMILES string of the molecule is COc1cccc(CN2CCCC(N(C)c3nccc(N4CCOCC4)n3)C2)c1. The third-order valence-corrected chi connectivity index (χ3v) is 5.85. The number of hydrogen-bond donors (Lipinski definition) is 0. The van der Waals surface area contributed by atoms with Gasteiger partial charge in [0, 0.05) is 45.5 Å². The van der Waals surface area contributed by atoms with E-state index >= 15 is 0 Å². The summed E-state index contributed by atoms with van der Waals surface area (Å²) in [5.41, 5.74) is 1.29. The van der Waals surface area contributed by atoms with Crippen LogP contribution in [-0.2, 0) is 11.3 Å². The van der Waals surface area contributed by atoms with Gasteiger partial charge in [0.2, 0.25) is 5.95 Å². The highest BCUT2D eigenvalue weighted by molar-refractivity contribution is 5.44. The van der Waals surface area contributed by atoms with Crippen molar-refractivity contribution in [3.05, 3.63) is 42.1 Å². The van der Waals surface area contributed by atoms with E-state index in [1.165, 1.54) is 12.0 Å². The summed E-state index contributed by atoms with van der Waals surface area (Å²) in [6.45, 7) is 6.37. The summed E-state index contributed by atoms with van der Waals surface area (Å²) in [4.78, 5) is 16.5. The Balaban J connectivity index is 1.41. The van der Waals surface area contributed by atoms with Crippen LogP contribution in [0.25, 0.3) is 0 Å². The number of benzene rings is 1. The third-order valence-electron chi connectivity index (χ3n) is 5.85. The first-order chi connectivity index (χ1) is 14.2. The molecule has 4 rings (SSSR count). The monoisotopic (exact) mass is 397 g/mol. The molecule has 7 nitrogen and oxygen atoms in total. The molecule has 0 aliphatic carbocycles. The van der Waals surface area contributed by atoms with Gasteiger partial charge in [-0.25, -0.2) is 4.98 Å². The molecule has 156 valence electrons. The molecule has 29 heavy (non-hydrogen) atoms. The van der Waals surface area contributed by atoms with Gasteiger partial charge in [0.15, 0.2) is 0 Å². The van der Waals surface area contributed by atoms with Crippen molar-refractivity contribution >= 4 is 11.8 Å². The molecule has 1 unspecified atom stereocenters. The molecule has 2 fully saturated rings. The molecule has 0 spiro atoms. The average molecular weight is 398 g/mol. The van der Waals surface area contributed by atoms with Crippen molar-refractivity contribution in [1.29, 1.82) is 0 Å². The Morgan fingerprint density at radius 2 is 2.07 bits per heavy atom. The number of morpholine rings is 1. The number of likely N-dealkylation sites (N-methyl/N-ethyl adjacent to an activating group) is 1. The maximum absolute atomic E-state index is 5.46. The number of nitrogens with zero attached hydrogens (tertiary/aromatic N) is 5. The van der Waals surface area contributed by atoms with Crippen molar-refractivity contribution in [3.63, 3.8) is 0 Å². The van der Waals surface area contributed by atoms with E-state index in [1.54, 1.807) is 7.11 Å². The van der Waals surface area contributed by atoms with Crippen LogP contribution in [0.4, 0.5) is 11.8 Å². The number of anilines is 2. The van der Waals surface area contributed by atoms with Crippen LogP contribution in [0, 0.1) is 0 Å². The standard InChI is InChI=1S/C22H31N5O2/c1-25(22-23-9-8-21(24-22)27-11-13-29-14-12-27)19-6-4-10-26(17-19)16-18-5-3-7-20(15-18)28-2/h3,5,7-9,15,19H,4,6,10-14,16-17H2,1-2H3. The second-order valence-corrected chi connectivity index (χ2v) is 7.81. The van der Waals surface area contributed by atoms with E-state index in [0.29, 0.717) is 6.04 Å². The van der Waals surface area contributed by atoms with Gasteiger partial charge in [0.1, 0.15) is 11.6 Å². The molecule has 7 heteroatoms. The molecular formula is C22H31N5O2. The molecule has 2 aromatic rings. The molecule has 1 aromatic carbocycles. The number of ether oxygens (including phenoxy) is 2. The second kappa shape index (κ2) is 9.41. The minimum absolute atomic E-state index is 0.411. The number of methoxy groups -OCH3 is 1. The van der Waals surface area contributed by atoms with Gasteiger partial charge in [-0.1, -0.05) is 12.1 Å². The molecule has 0 radical (unpaired) electrons. The molecule has 0 amide bonds. The summed E-state index contributed by atoms with van der Waals surface area (Å²) in [6, 6.07) is 10.8. The summed E-state index contributed by atoms with van der Waals surface area (Å²) in [5.74, 6) is 2.72. The van der Waals surface area contributed by atoms with Gasteiger partial charge in [-0.15, -0.1) is 0 Å². The van der Waals surface area contributed by atoms with E-state index in [-0.39, 0.29) is 0 Å². The lowest BCUT2D eigenvalue weighted by Crippen LogP contribution is -2.47. The highest BCUT2D eigenvalue weighted by Crippen LogP contribution is 2.23. The van der Waals surface area contributed by atoms with Crippen molar-refractivity contribution in [1.82, 2.24) is 14.9 Å². The molecule has 2 aliphatic heterocycles. The van der Waals surface area contributed by atoms with Crippen LogP contribution in [0.1, 0.15) is 18.4 Å². The molecule has 2 saturated heterocycles. The number of rotatable bonds is 6. The molecule has 2 aliphatic rings. The molecule has 0 bridgehead atoms. The van der Waals surface area contributed by atoms with Crippen molar-refractivity contribution < 1.29 is 9.47 Å². The van der Waals surface area contributed by atoms with Crippen LogP contribution in [-0.4, -0.2) is 74.5 Å². The van der Waals surface area contributed by atoms with Crippen molar-refractivity contribution in [2.45, 2.75) is 25.4 Å². The Bertz CT molecular complexity index is 796. The zero-order chi connectivity index (χ0) is 20.1. The van der Waals surface area contributed by atoms with E-state index in [2.05, 4.69) is 44.9 Å². The largest absolute Gasteiger partial charge is 0.497 e. The van der Waals surface area contributed by atoms with Crippen LogP contribution in [0.5, 0.6) is 5.75 Å². The smallest absolute Gasteiger partial charge is 0.227 e. The number of hydrogen-bond acceptors (Lipinski definition) is 7. The Labute approximate surface area is 173 Å². The summed E-state index contributed by atoms with van der Waals surface area (Å²) in [7, 11) is 3.84. The average Bonchev–Trinajstić information content (AvgIpc) is 2.79. The Morgan fingerprint density at radius 1 is 1.21 bits per heavy atom. The van der Waals surface area contributed by atoms with E-state index < -0.39 is 0 Å². The van der Waals surface area contributed by atoms with Gasteiger partial charge in [-0.3, -0.25) is 4.90 Å². The van der Waals surface area contributed by atoms with Gasteiger partial charge in [0.25, 0.3) is 0 Å². The van der Waals surface area contributed by atoms with Gasteiger partial charge in [0.05, 0.1) is 20.3 Å². The third kappa shape index (κ3) is 4.97. The highest BCUT2D eigenvalue weighted by Gasteiger charge is 2.25. The number of aromatic nitrogens is 2. The molecule has 1 atom stereocenters. The predicted molar refractivity (Wildman–Crippen MR) is 115 cm³/mol. The minimum atomic E-state index is 0.411. The maximum atomic E-state index is 5.46. The second-order valence-electron chi connectivity index (χ2n) is 7.81. The molecule has 0 N–H and O–H groups in total. The molecular weight excluding hydrogens is 366 g/mol. The quantitative estimate of drug-likeness (QED) is 0.742. The highest BCUT2D eigenvalue weighted by atomic mass is 16.5. The van der Waals surface area contributed by atoms with E-state index in [0.717, 1.165) is 69.9 Å². The fraction of sp³-hybridized carbons (Fsp3) is 0.545. The summed E-state index contributed by atoms with van der Waals surface area (Å²) in [5, 5.41) is 0. The number of piperidine rings is 1. The van der Waals surface area contributed by atoms with Crippen LogP contribution in [0.2, 0.25) is 0 Å². The van der Waals surface area contributed by atoms with Gasteiger partial charge in [-0.05, 0) is 43.1 Å². The van der Waals surface area contributed by atoms with Crippen LogP contribution >= 0.6 is 0 Å². The Kier molecular flexibility index (Phi) is 6.46. The van der Waals surface area contributed by atoms with Gasteiger partial charge < -0.3 is 19.3 Å². The fourth-order valence-electron chi connectivity index (χ4n) is 4.16. The van der Waals surface area contributed by atoms with Crippen LogP contribution in [0.3, 0.4) is 0 Å². The van der Waals surface area contributed by atoms with Crippen molar-refractivity contribution in [2.75, 3.05) is 63.4 Å². The molecule has 3 heterocycles. The first kappa shape index (κ1) is 19.9. The summed E-state index contributed by atoms with van der Waals surface area (Å²) >= 11 is 0. The van der Waals surface area contributed by atoms with Crippen LogP contribution < -0.4 is 14.5 Å². The zero-order valence-electron chi connectivity index (χ0n) is 17.5. The van der Waals surface area contributed by atoms with Gasteiger partial charge >= 0.3 is 0 Å². The Hall–Kier alpha value is -2.38. The maximum Gasteiger partial charge on any atom is 0.227 e.